The number of likely N-dealkylation sites (N-methyl/N-ethyl adjacent to an activating group) is 1. The largest absolute Gasteiger partial charge is 0.352 e. The highest BCUT2D eigenvalue weighted by molar-refractivity contribution is 7.80. The van der Waals surface area contributed by atoms with Crippen molar-refractivity contribution < 1.29 is 14.4 Å². The van der Waals surface area contributed by atoms with Crippen molar-refractivity contribution >= 4 is 30.4 Å². The molecule has 110 valence electrons. The highest BCUT2D eigenvalue weighted by Gasteiger charge is 2.24. The number of rotatable bonds is 7. The first-order chi connectivity index (χ1) is 8.81. The first-order valence-electron chi connectivity index (χ1n) is 6.27. The van der Waals surface area contributed by atoms with Gasteiger partial charge in [0, 0.05) is 25.3 Å². The lowest BCUT2D eigenvalue weighted by molar-refractivity contribution is -0.138. The summed E-state index contributed by atoms with van der Waals surface area (Å²) in [5.74, 6) is -0.617. The zero-order valence-corrected chi connectivity index (χ0v) is 12.8. The number of amides is 3. The van der Waals surface area contributed by atoms with E-state index in [1.807, 2.05) is 13.8 Å². The van der Waals surface area contributed by atoms with E-state index in [0.29, 0.717) is 6.54 Å². The van der Waals surface area contributed by atoms with Gasteiger partial charge >= 0.3 is 0 Å². The Labute approximate surface area is 119 Å². The van der Waals surface area contributed by atoms with E-state index in [-0.39, 0.29) is 36.1 Å². The number of carbonyl (C=O) groups excluding carboxylic acids is 3. The van der Waals surface area contributed by atoms with Gasteiger partial charge in [0.25, 0.3) is 0 Å². The summed E-state index contributed by atoms with van der Waals surface area (Å²) in [4.78, 5) is 36.2. The SMILES string of the molecule is CCN(CC(=O)NC(C)C)C(=O)C(CS)NC(C)=O. The smallest absolute Gasteiger partial charge is 0.246 e. The maximum atomic E-state index is 12.1. The van der Waals surface area contributed by atoms with E-state index in [2.05, 4.69) is 23.3 Å². The number of nitrogens with one attached hydrogen (secondary N) is 2. The average Bonchev–Trinajstić information content (AvgIpc) is 2.30. The van der Waals surface area contributed by atoms with Crippen LogP contribution >= 0.6 is 12.6 Å². The van der Waals surface area contributed by atoms with Crippen LogP contribution in [0.15, 0.2) is 0 Å². The van der Waals surface area contributed by atoms with Gasteiger partial charge in [0.1, 0.15) is 6.04 Å². The first kappa shape index (κ1) is 17.8. The third-order valence-electron chi connectivity index (χ3n) is 2.34. The summed E-state index contributed by atoms with van der Waals surface area (Å²) in [5, 5.41) is 5.24. The van der Waals surface area contributed by atoms with Crippen molar-refractivity contribution in [2.45, 2.75) is 39.8 Å². The Morgan fingerprint density at radius 2 is 1.79 bits per heavy atom. The molecular formula is C12H23N3O3S. The Morgan fingerprint density at radius 3 is 2.16 bits per heavy atom. The monoisotopic (exact) mass is 289 g/mol. The molecule has 0 saturated heterocycles. The molecule has 0 bridgehead atoms. The van der Waals surface area contributed by atoms with Gasteiger partial charge in [-0.25, -0.2) is 0 Å². The molecule has 0 aliphatic heterocycles. The molecule has 6 nitrogen and oxygen atoms in total. The summed E-state index contributed by atoms with van der Waals surface area (Å²) in [6.07, 6.45) is 0. The summed E-state index contributed by atoms with van der Waals surface area (Å²) in [7, 11) is 0. The van der Waals surface area contributed by atoms with Gasteiger partial charge in [-0.1, -0.05) is 0 Å². The van der Waals surface area contributed by atoms with Crippen LogP contribution in [0.1, 0.15) is 27.7 Å². The van der Waals surface area contributed by atoms with E-state index >= 15 is 0 Å². The van der Waals surface area contributed by atoms with Crippen LogP contribution in [0.4, 0.5) is 0 Å². The van der Waals surface area contributed by atoms with E-state index < -0.39 is 6.04 Å². The maximum Gasteiger partial charge on any atom is 0.246 e. The lowest BCUT2D eigenvalue weighted by Crippen LogP contribution is -2.52. The highest BCUT2D eigenvalue weighted by Crippen LogP contribution is 1.98. The second kappa shape index (κ2) is 8.79. The molecule has 0 saturated carbocycles. The third-order valence-corrected chi connectivity index (χ3v) is 2.70. The van der Waals surface area contributed by atoms with Crippen LogP contribution in [0.3, 0.4) is 0 Å². The van der Waals surface area contributed by atoms with Gasteiger partial charge in [0.15, 0.2) is 0 Å². The van der Waals surface area contributed by atoms with Crippen molar-refractivity contribution in [3.05, 3.63) is 0 Å². The molecule has 0 fully saturated rings. The fraction of sp³-hybridized carbons (Fsp3) is 0.750. The molecule has 0 radical (unpaired) electrons. The molecule has 0 heterocycles. The normalized spacial score (nSPS) is 11.9. The van der Waals surface area contributed by atoms with Gasteiger partial charge in [-0.15, -0.1) is 0 Å². The highest BCUT2D eigenvalue weighted by atomic mass is 32.1. The fourth-order valence-electron chi connectivity index (χ4n) is 1.54. The molecule has 0 aromatic rings. The molecule has 0 spiro atoms. The standard InChI is InChI=1S/C12H23N3O3S/c1-5-15(6-11(17)13-8(2)3)12(18)10(7-19)14-9(4)16/h8,10,19H,5-7H2,1-4H3,(H,13,17)(H,14,16). The number of carbonyl (C=O) groups is 3. The van der Waals surface area contributed by atoms with Gasteiger partial charge in [0.2, 0.25) is 17.7 Å². The first-order valence-corrected chi connectivity index (χ1v) is 6.91. The van der Waals surface area contributed by atoms with Crippen LogP contribution in [0.2, 0.25) is 0 Å². The average molecular weight is 289 g/mol. The molecule has 2 N–H and O–H groups in total. The molecule has 0 rings (SSSR count). The molecule has 1 atom stereocenters. The predicted molar refractivity (Wildman–Crippen MR) is 77.0 cm³/mol. The number of hydrogen-bond donors (Lipinski definition) is 3. The van der Waals surface area contributed by atoms with Gasteiger partial charge in [-0.3, -0.25) is 14.4 Å². The summed E-state index contributed by atoms with van der Waals surface area (Å²) in [6.45, 7) is 7.20. The molecule has 3 amide bonds. The summed E-state index contributed by atoms with van der Waals surface area (Å²) in [5.41, 5.74) is 0. The molecular weight excluding hydrogens is 266 g/mol. The molecule has 19 heavy (non-hydrogen) atoms. The van der Waals surface area contributed by atoms with Crippen LogP contribution < -0.4 is 10.6 Å². The van der Waals surface area contributed by atoms with Crippen molar-refractivity contribution in [2.75, 3.05) is 18.8 Å². The van der Waals surface area contributed by atoms with Crippen LogP contribution in [-0.2, 0) is 14.4 Å². The second-order valence-corrected chi connectivity index (χ2v) is 4.88. The van der Waals surface area contributed by atoms with Gasteiger partial charge in [-0.2, -0.15) is 12.6 Å². The van der Waals surface area contributed by atoms with E-state index in [1.54, 1.807) is 6.92 Å². The zero-order valence-electron chi connectivity index (χ0n) is 11.9. The van der Waals surface area contributed by atoms with Gasteiger partial charge in [0.05, 0.1) is 6.54 Å². The van der Waals surface area contributed by atoms with Crippen LogP contribution in [-0.4, -0.2) is 53.5 Å². The quantitative estimate of drug-likeness (QED) is 0.568. The van der Waals surface area contributed by atoms with Crippen molar-refractivity contribution in [1.29, 1.82) is 0 Å². The minimum Gasteiger partial charge on any atom is -0.352 e. The minimum atomic E-state index is -0.701. The van der Waals surface area contributed by atoms with E-state index in [4.69, 9.17) is 0 Å². The Bertz CT molecular complexity index is 334. The summed E-state index contributed by atoms with van der Waals surface area (Å²) in [6, 6.07) is -0.676. The van der Waals surface area contributed by atoms with Crippen LogP contribution in [0.25, 0.3) is 0 Å². The van der Waals surface area contributed by atoms with Crippen LogP contribution in [0, 0.1) is 0 Å². The Hall–Kier alpha value is -1.24. The van der Waals surface area contributed by atoms with Crippen LogP contribution in [0.5, 0.6) is 0 Å². The minimum absolute atomic E-state index is 0.0165. The molecule has 7 heteroatoms. The molecule has 0 aromatic carbocycles. The van der Waals surface area contributed by atoms with E-state index in [9.17, 15) is 14.4 Å². The predicted octanol–water partition coefficient (Wildman–Crippen LogP) is -0.206. The lowest BCUT2D eigenvalue weighted by Gasteiger charge is -2.25. The number of nitrogens with zero attached hydrogens (tertiary/aromatic N) is 1. The third kappa shape index (κ3) is 7.05. The van der Waals surface area contributed by atoms with Crippen molar-refractivity contribution in [2.24, 2.45) is 0 Å². The Kier molecular flexibility index (Phi) is 8.22. The maximum absolute atomic E-state index is 12.1. The second-order valence-electron chi connectivity index (χ2n) is 4.51. The van der Waals surface area contributed by atoms with Gasteiger partial charge in [-0.05, 0) is 20.8 Å². The van der Waals surface area contributed by atoms with E-state index in [0.717, 1.165) is 0 Å². The Morgan fingerprint density at radius 1 is 1.21 bits per heavy atom. The molecule has 1 unspecified atom stereocenters. The van der Waals surface area contributed by atoms with Gasteiger partial charge < -0.3 is 15.5 Å². The summed E-state index contributed by atoms with van der Waals surface area (Å²) >= 11 is 4.05. The lowest BCUT2D eigenvalue weighted by atomic mass is 10.2. The van der Waals surface area contributed by atoms with Crippen molar-refractivity contribution in [3.8, 4) is 0 Å². The van der Waals surface area contributed by atoms with Crippen molar-refractivity contribution in [3.63, 3.8) is 0 Å². The molecule has 0 aliphatic carbocycles. The summed E-state index contributed by atoms with van der Waals surface area (Å²) < 4.78 is 0. The zero-order chi connectivity index (χ0) is 15.0. The number of thiol groups is 1. The fourth-order valence-corrected chi connectivity index (χ4v) is 1.79. The molecule has 0 aromatic heterocycles. The molecule has 0 aliphatic rings. The number of hydrogen-bond acceptors (Lipinski definition) is 4. The Balaban J connectivity index is 4.60. The topological polar surface area (TPSA) is 78.5 Å². The van der Waals surface area contributed by atoms with Crippen molar-refractivity contribution in [1.82, 2.24) is 15.5 Å². The van der Waals surface area contributed by atoms with E-state index in [1.165, 1.54) is 11.8 Å².